The predicted octanol–water partition coefficient (Wildman–Crippen LogP) is 4.17. The number of hydrogen-bond acceptors (Lipinski definition) is 1. The Balaban J connectivity index is 3.06. The van der Waals surface area contributed by atoms with Crippen LogP contribution >= 0.6 is 0 Å². The molecule has 0 aliphatic carbocycles. The number of rotatable bonds is 3. The summed E-state index contributed by atoms with van der Waals surface area (Å²) in [5.74, 6) is -0.145. The summed E-state index contributed by atoms with van der Waals surface area (Å²) in [6, 6.07) is 6.40. The van der Waals surface area contributed by atoms with Gasteiger partial charge in [0.1, 0.15) is 5.82 Å². The zero-order valence-corrected chi connectivity index (χ0v) is 12.7. The van der Waals surface area contributed by atoms with E-state index in [1.165, 1.54) is 12.1 Å². The first-order valence-corrected chi connectivity index (χ1v) is 6.73. The Morgan fingerprint density at radius 1 is 1.11 bits per heavy atom. The molecule has 2 nitrogen and oxygen atoms in total. The minimum absolute atomic E-state index is 0.0627. The molecule has 0 aromatic heterocycles. The summed E-state index contributed by atoms with van der Waals surface area (Å²) in [4.78, 5) is 14.4. The van der Waals surface area contributed by atoms with Crippen LogP contribution in [0.15, 0.2) is 24.3 Å². The maximum absolute atomic E-state index is 13.0. The monoisotopic (exact) mass is 265 g/mol. The van der Waals surface area contributed by atoms with Gasteiger partial charge in [-0.3, -0.25) is 4.79 Å². The van der Waals surface area contributed by atoms with Crippen LogP contribution in [0, 0.1) is 11.2 Å². The summed E-state index contributed by atoms with van der Waals surface area (Å²) < 4.78 is 13.0. The Hall–Kier alpha value is -1.38. The standard InChI is InChI=1S/C16H24FNO/c1-11(2)18(15(19)16(4,5)6)12(3)13-7-9-14(17)10-8-13/h7-12H,1-6H3/t12-/m1/s1. The first kappa shape index (κ1) is 15.7. The largest absolute Gasteiger partial charge is 0.333 e. The third kappa shape index (κ3) is 3.79. The lowest BCUT2D eigenvalue weighted by Crippen LogP contribution is -2.45. The zero-order valence-electron chi connectivity index (χ0n) is 12.7. The van der Waals surface area contributed by atoms with E-state index in [9.17, 15) is 9.18 Å². The number of benzene rings is 1. The summed E-state index contributed by atoms with van der Waals surface area (Å²) in [6.07, 6.45) is 0. The lowest BCUT2D eigenvalue weighted by atomic mass is 9.92. The minimum atomic E-state index is -0.418. The van der Waals surface area contributed by atoms with Crippen molar-refractivity contribution in [3.63, 3.8) is 0 Å². The fourth-order valence-electron chi connectivity index (χ4n) is 2.15. The van der Waals surface area contributed by atoms with Gasteiger partial charge in [0, 0.05) is 11.5 Å². The molecule has 0 aliphatic heterocycles. The lowest BCUT2D eigenvalue weighted by molar-refractivity contribution is -0.143. The quantitative estimate of drug-likeness (QED) is 0.803. The Morgan fingerprint density at radius 3 is 1.95 bits per heavy atom. The van der Waals surface area contributed by atoms with Crippen LogP contribution in [0.5, 0.6) is 0 Å². The maximum atomic E-state index is 13.0. The molecule has 1 amide bonds. The van der Waals surface area contributed by atoms with Gasteiger partial charge in [-0.05, 0) is 38.5 Å². The summed E-state index contributed by atoms with van der Waals surface area (Å²) in [6.45, 7) is 11.7. The second-order valence-electron chi connectivity index (χ2n) is 6.28. The molecule has 0 saturated heterocycles. The van der Waals surface area contributed by atoms with Crippen LogP contribution in [-0.4, -0.2) is 16.8 Å². The van der Waals surface area contributed by atoms with Gasteiger partial charge >= 0.3 is 0 Å². The molecule has 0 fully saturated rings. The van der Waals surface area contributed by atoms with E-state index in [1.807, 2.05) is 46.4 Å². The first-order chi connectivity index (χ1) is 8.64. The van der Waals surface area contributed by atoms with E-state index in [4.69, 9.17) is 0 Å². The third-order valence-corrected chi connectivity index (χ3v) is 3.20. The van der Waals surface area contributed by atoms with Crippen molar-refractivity contribution in [3.8, 4) is 0 Å². The number of carbonyl (C=O) groups excluding carboxylic acids is 1. The van der Waals surface area contributed by atoms with Crippen molar-refractivity contribution >= 4 is 5.91 Å². The molecular weight excluding hydrogens is 241 g/mol. The van der Waals surface area contributed by atoms with Crippen LogP contribution in [0.4, 0.5) is 4.39 Å². The lowest BCUT2D eigenvalue weighted by Gasteiger charge is -2.37. The van der Waals surface area contributed by atoms with E-state index in [2.05, 4.69) is 0 Å². The Labute approximate surface area is 115 Å². The van der Waals surface area contributed by atoms with Gasteiger partial charge in [0.15, 0.2) is 0 Å². The number of halogens is 1. The van der Waals surface area contributed by atoms with E-state index in [-0.39, 0.29) is 23.8 Å². The molecule has 0 N–H and O–H groups in total. The molecule has 1 rings (SSSR count). The number of nitrogens with zero attached hydrogens (tertiary/aromatic N) is 1. The first-order valence-electron chi connectivity index (χ1n) is 6.73. The van der Waals surface area contributed by atoms with Crippen LogP contribution < -0.4 is 0 Å². The molecule has 0 spiro atoms. The summed E-state index contributed by atoms with van der Waals surface area (Å²) >= 11 is 0. The number of hydrogen-bond donors (Lipinski definition) is 0. The topological polar surface area (TPSA) is 20.3 Å². The number of carbonyl (C=O) groups is 1. The SMILES string of the molecule is CC(C)N(C(=O)C(C)(C)C)[C@H](C)c1ccc(F)cc1. The highest BCUT2D eigenvalue weighted by Gasteiger charge is 2.32. The van der Waals surface area contributed by atoms with Crippen molar-refractivity contribution in [1.29, 1.82) is 0 Å². The highest BCUT2D eigenvalue weighted by Crippen LogP contribution is 2.28. The third-order valence-electron chi connectivity index (χ3n) is 3.20. The molecule has 19 heavy (non-hydrogen) atoms. The molecule has 0 aliphatic rings. The molecule has 1 atom stereocenters. The molecule has 0 unspecified atom stereocenters. The van der Waals surface area contributed by atoms with E-state index in [0.717, 1.165) is 5.56 Å². The molecule has 0 bridgehead atoms. The van der Waals surface area contributed by atoms with Crippen LogP contribution in [-0.2, 0) is 4.79 Å². The van der Waals surface area contributed by atoms with Crippen molar-refractivity contribution in [2.75, 3.05) is 0 Å². The van der Waals surface area contributed by atoms with Crippen molar-refractivity contribution in [2.24, 2.45) is 5.41 Å². The van der Waals surface area contributed by atoms with Crippen molar-refractivity contribution in [3.05, 3.63) is 35.6 Å². The van der Waals surface area contributed by atoms with Crippen molar-refractivity contribution in [2.45, 2.75) is 53.6 Å². The van der Waals surface area contributed by atoms with Gasteiger partial charge in [0.05, 0.1) is 6.04 Å². The molecule has 0 saturated carbocycles. The van der Waals surface area contributed by atoms with E-state index in [1.54, 1.807) is 12.1 Å². The van der Waals surface area contributed by atoms with Crippen LogP contribution in [0.2, 0.25) is 0 Å². The van der Waals surface area contributed by atoms with Crippen LogP contribution in [0.3, 0.4) is 0 Å². The van der Waals surface area contributed by atoms with Gasteiger partial charge in [-0.1, -0.05) is 32.9 Å². The van der Waals surface area contributed by atoms with Crippen molar-refractivity contribution < 1.29 is 9.18 Å². The molecule has 0 heterocycles. The van der Waals surface area contributed by atoms with E-state index < -0.39 is 5.41 Å². The van der Waals surface area contributed by atoms with Crippen LogP contribution in [0.25, 0.3) is 0 Å². The average molecular weight is 265 g/mol. The van der Waals surface area contributed by atoms with E-state index >= 15 is 0 Å². The van der Waals surface area contributed by atoms with Gasteiger partial charge in [-0.15, -0.1) is 0 Å². The van der Waals surface area contributed by atoms with Crippen LogP contribution in [0.1, 0.15) is 53.1 Å². The summed E-state index contributed by atoms with van der Waals surface area (Å²) in [7, 11) is 0. The summed E-state index contributed by atoms with van der Waals surface area (Å²) in [5, 5.41) is 0. The molecule has 106 valence electrons. The average Bonchev–Trinajstić information content (AvgIpc) is 2.28. The van der Waals surface area contributed by atoms with E-state index in [0.29, 0.717) is 0 Å². The normalized spacial score (nSPS) is 13.5. The fraction of sp³-hybridized carbons (Fsp3) is 0.562. The molecule has 1 aromatic carbocycles. The second kappa shape index (κ2) is 5.72. The highest BCUT2D eigenvalue weighted by molar-refractivity contribution is 5.82. The van der Waals surface area contributed by atoms with Gasteiger partial charge in [0.2, 0.25) is 5.91 Å². The fourth-order valence-corrected chi connectivity index (χ4v) is 2.15. The Bertz CT molecular complexity index is 431. The maximum Gasteiger partial charge on any atom is 0.228 e. The summed E-state index contributed by atoms with van der Waals surface area (Å²) in [5.41, 5.74) is 0.533. The molecule has 3 heteroatoms. The van der Waals surface area contributed by atoms with Crippen molar-refractivity contribution in [1.82, 2.24) is 4.90 Å². The smallest absolute Gasteiger partial charge is 0.228 e. The molecule has 0 radical (unpaired) electrons. The zero-order chi connectivity index (χ0) is 14.8. The molecule has 1 aromatic rings. The van der Waals surface area contributed by atoms with Gasteiger partial charge < -0.3 is 4.90 Å². The number of amides is 1. The van der Waals surface area contributed by atoms with Gasteiger partial charge in [-0.25, -0.2) is 4.39 Å². The Morgan fingerprint density at radius 2 is 1.58 bits per heavy atom. The predicted molar refractivity (Wildman–Crippen MR) is 76.3 cm³/mol. The van der Waals surface area contributed by atoms with Gasteiger partial charge in [-0.2, -0.15) is 0 Å². The highest BCUT2D eigenvalue weighted by atomic mass is 19.1. The van der Waals surface area contributed by atoms with Gasteiger partial charge in [0.25, 0.3) is 0 Å². The Kier molecular flexibility index (Phi) is 4.72. The second-order valence-corrected chi connectivity index (χ2v) is 6.28. The molecular formula is C16H24FNO. The minimum Gasteiger partial charge on any atom is -0.333 e.